The first kappa shape index (κ1) is 22.6. The second kappa shape index (κ2) is 8.56. The molecule has 0 N–H and O–H groups in total. The minimum atomic E-state index is -0.450. The molecule has 0 fully saturated rings. The minimum Gasteiger partial charge on any atom is -0.309 e. The van der Waals surface area contributed by atoms with Gasteiger partial charge >= 0.3 is 0 Å². The van der Waals surface area contributed by atoms with Gasteiger partial charge in [-0.05, 0) is 75.8 Å². The first-order chi connectivity index (χ1) is 19.8. The lowest BCUT2D eigenvalue weighted by atomic mass is 9.67. The van der Waals surface area contributed by atoms with Gasteiger partial charge in [-0.1, -0.05) is 103 Å². The summed E-state index contributed by atoms with van der Waals surface area (Å²) < 4.78 is 2.34. The second-order valence-electron chi connectivity index (χ2n) is 10.5. The molecule has 40 heavy (non-hydrogen) atoms. The highest BCUT2D eigenvalue weighted by Gasteiger charge is 2.46. The van der Waals surface area contributed by atoms with Crippen molar-refractivity contribution in [2.45, 2.75) is 5.41 Å². The van der Waals surface area contributed by atoms with Crippen LogP contribution in [0.4, 0.5) is 0 Å². The van der Waals surface area contributed by atoms with Crippen molar-refractivity contribution >= 4 is 21.8 Å². The molecule has 1 aliphatic carbocycles. The summed E-state index contributed by atoms with van der Waals surface area (Å²) in [6, 6.07) is 54.3. The Labute approximate surface area is 233 Å². The zero-order valence-electron chi connectivity index (χ0n) is 21.8. The number of nitriles is 1. The Morgan fingerprint density at radius 3 is 1.82 bits per heavy atom. The highest BCUT2D eigenvalue weighted by Crippen LogP contribution is 2.57. The number of benzene rings is 6. The van der Waals surface area contributed by atoms with E-state index in [1.807, 2.05) is 24.3 Å². The molecule has 2 heteroatoms. The van der Waals surface area contributed by atoms with Crippen LogP contribution in [0.3, 0.4) is 0 Å². The predicted octanol–water partition coefficient (Wildman–Crippen LogP) is 9.02. The average Bonchev–Trinajstić information content (AvgIpc) is 3.51. The van der Waals surface area contributed by atoms with E-state index in [1.165, 1.54) is 44.2 Å². The van der Waals surface area contributed by atoms with E-state index in [0.717, 1.165) is 16.7 Å². The van der Waals surface area contributed by atoms with Crippen LogP contribution in [-0.4, -0.2) is 4.57 Å². The fourth-order valence-corrected chi connectivity index (χ4v) is 6.87. The SMILES string of the molecule is N#Cc1ccc(-n2c3ccccc3c3cc4c(cc32)C(c2ccccc2)(c2ccccc2)c2ccccc2-4)cc1. The molecule has 0 radical (unpaired) electrons. The molecule has 6 aromatic carbocycles. The Balaban J connectivity index is 1.55. The monoisotopic (exact) mass is 508 g/mol. The maximum absolute atomic E-state index is 9.41. The molecular weight excluding hydrogens is 484 g/mol. The quantitative estimate of drug-likeness (QED) is 0.234. The third-order valence-corrected chi connectivity index (χ3v) is 8.51. The van der Waals surface area contributed by atoms with Crippen LogP contribution in [0.15, 0.2) is 146 Å². The van der Waals surface area contributed by atoms with E-state index in [9.17, 15) is 5.26 Å². The highest BCUT2D eigenvalue weighted by atomic mass is 15.0. The molecule has 0 aliphatic heterocycles. The molecule has 186 valence electrons. The maximum atomic E-state index is 9.41. The molecule has 0 bridgehead atoms. The molecular formula is C38H24N2. The van der Waals surface area contributed by atoms with E-state index in [1.54, 1.807) is 0 Å². The van der Waals surface area contributed by atoms with Crippen molar-refractivity contribution in [2.24, 2.45) is 0 Å². The van der Waals surface area contributed by atoms with Gasteiger partial charge < -0.3 is 4.57 Å². The van der Waals surface area contributed by atoms with E-state index >= 15 is 0 Å². The number of para-hydroxylation sites is 1. The Kier molecular flexibility index (Phi) is 4.83. The van der Waals surface area contributed by atoms with Gasteiger partial charge in [0.1, 0.15) is 0 Å². The lowest BCUT2D eigenvalue weighted by molar-refractivity contribution is 0.769. The normalized spacial score (nSPS) is 13.2. The van der Waals surface area contributed by atoms with E-state index in [2.05, 4.69) is 132 Å². The zero-order valence-corrected chi connectivity index (χ0v) is 21.8. The van der Waals surface area contributed by atoms with Gasteiger partial charge in [0, 0.05) is 16.5 Å². The number of nitrogens with zero attached hydrogens (tertiary/aromatic N) is 2. The molecule has 0 atom stereocenters. The van der Waals surface area contributed by atoms with Crippen molar-refractivity contribution in [2.75, 3.05) is 0 Å². The summed E-state index contributed by atoms with van der Waals surface area (Å²) in [6.07, 6.45) is 0. The van der Waals surface area contributed by atoms with Crippen molar-refractivity contribution in [1.29, 1.82) is 5.26 Å². The fraction of sp³-hybridized carbons (Fsp3) is 0.0263. The van der Waals surface area contributed by atoms with Crippen LogP contribution in [0, 0.1) is 11.3 Å². The molecule has 0 saturated carbocycles. The van der Waals surface area contributed by atoms with E-state index < -0.39 is 5.41 Å². The first-order valence-corrected chi connectivity index (χ1v) is 13.6. The van der Waals surface area contributed by atoms with E-state index in [0.29, 0.717) is 5.56 Å². The van der Waals surface area contributed by atoms with Gasteiger partial charge in [-0.2, -0.15) is 5.26 Å². The smallest absolute Gasteiger partial charge is 0.0991 e. The van der Waals surface area contributed by atoms with Crippen molar-refractivity contribution in [3.05, 3.63) is 173 Å². The zero-order chi connectivity index (χ0) is 26.7. The number of hydrogen-bond donors (Lipinski definition) is 0. The topological polar surface area (TPSA) is 28.7 Å². The van der Waals surface area contributed by atoms with Crippen LogP contribution in [-0.2, 0) is 5.41 Å². The minimum absolute atomic E-state index is 0.450. The molecule has 8 rings (SSSR count). The Morgan fingerprint density at radius 2 is 1.12 bits per heavy atom. The van der Waals surface area contributed by atoms with Crippen LogP contribution in [0.2, 0.25) is 0 Å². The summed E-state index contributed by atoms with van der Waals surface area (Å²) in [5.74, 6) is 0. The van der Waals surface area contributed by atoms with E-state index in [-0.39, 0.29) is 0 Å². The molecule has 0 saturated heterocycles. The Bertz CT molecular complexity index is 2050. The van der Waals surface area contributed by atoms with Crippen LogP contribution in [0.5, 0.6) is 0 Å². The van der Waals surface area contributed by atoms with Crippen LogP contribution in [0.25, 0.3) is 38.6 Å². The van der Waals surface area contributed by atoms with Gasteiger partial charge in [0.25, 0.3) is 0 Å². The molecule has 1 aromatic heterocycles. The highest BCUT2D eigenvalue weighted by molar-refractivity contribution is 6.12. The molecule has 7 aromatic rings. The standard InChI is InChI=1S/C38H24N2/c39-25-26-19-21-29(22-20-26)40-36-18-10-8-16-31(36)33-23-32-30-15-7-9-17-34(30)38(35(32)24-37(33)40,27-11-3-1-4-12-27)28-13-5-2-6-14-28/h1-24H. The van der Waals surface area contributed by atoms with Gasteiger partial charge in [-0.25, -0.2) is 0 Å². The summed E-state index contributed by atoms with van der Waals surface area (Å²) >= 11 is 0. The van der Waals surface area contributed by atoms with Crippen LogP contribution < -0.4 is 0 Å². The lowest BCUT2D eigenvalue weighted by Gasteiger charge is -2.34. The molecule has 0 amide bonds. The maximum Gasteiger partial charge on any atom is 0.0991 e. The van der Waals surface area contributed by atoms with Crippen LogP contribution in [0.1, 0.15) is 27.8 Å². The van der Waals surface area contributed by atoms with Gasteiger partial charge in [-0.15, -0.1) is 0 Å². The van der Waals surface area contributed by atoms with Crippen molar-refractivity contribution < 1.29 is 0 Å². The summed E-state index contributed by atoms with van der Waals surface area (Å²) in [6.45, 7) is 0. The molecule has 2 nitrogen and oxygen atoms in total. The predicted molar refractivity (Wildman–Crippen MR) is 163 cm³/mol. The van der Waals surface area contributed by atoms with Crippen molar-refractivity contribution in [1.82, 2.24) is 4.57 Å². The third-order valence-electron chi connectivity index (χ3n) is 8.51. The van der Waals surface area contributed by atoms with Gasteiger partial charge in [-0.3, -0.25) is 0 Å². The molecule has 0 spiro atoms. The second-order valence-corrected chi connectivity index (χ2v) is 10.5. The average molecular weight is 509 g/mol. The summed E-state index contributed by atoms with van der Waals surface area (Å²) in [4.78, 5) is 0. The van der Waals surface area contributed by atoms with Crippen LogP contribution >= 0.6 is 0 Å². The van der Waals surface area contributed by atoms with E-state index in [4.69, 9.17) is 0 Å². The Hall–Kier alpha value is -5.39. The molecule has 0 unspecified atom stereocenters. The Morgan fingerprint density at radius 1 is 0.500 bits per heavy atom. The van der Waals surface area contributed by atoms with Crippen molar-refractivity contribution in [3.63, 3.8) is 0 Å². The largest absolute Gasteiger partial charge is 0.309 e. The first-order valence-electron chi connectivity index (χ1n) is 13.6. The number of hydrogen-bond acceptors (Lipinski definition) is 1. The van der Waals surface area contributed by atoms with Gasteiger partial charge in [0.15, 0.2) is 0 Å². The molecule has 1 heterocycles. The summed E-state index contributed by atoms with van der Waals surface area (Å²) in [5, 5.41) is 11.9. The van der Waals surface area contributed by atoms with Gasteiger partial charge in [0.2, 0.25) is 0 Å². The number of rotatable bonds is 3. The van der Waals surface area contributed by atoms with Crippen molar-refractivity contribution in [3.8, 4) is 22.9 Å². The third kappa shape index (κ3) is 2.98. The summed E-state index contributed by atoms with van der Waals surface area (Å²) in [5.41, 5.74) is 11.2. The summed E-state index contributed by atoms with van der Waals surface area (Å²) in [7, 11) is 0. The number of aromatic nitrogens is 1. The van der Waals surface area contributed by atoms with Gasteiger partial charge in [0.05, 0.1) is 28.1 Å². The number of fused-ring (bicyclic) bond motifs is 6. The lowest BCUT2D eigenvalue weighted by Crippen LogP contribution is -2.28. The fourth-order valence-electron chi connectivity index (χ4n) is 6.87. The molecule has 1 aliphatic rings.